The molecule has 0 unspecified atom stereocenters. The van der Waals surface area contributed by atoms with Crippen molar-refractivity contribution in [1.29, 1.82) is 0 Å². The van der Waals surface area contributed by atoms with Gasteiger partial charge in [0.1, 0.15) is 5.69 Å². The van der Waals surface area contributed by atoms with E-state index in [4.69, 9.17) is 0 Å². The number of non-ortho nitro benzene ring substituents is 1. The second kappa shape index (κ2) is 7.77. The van der Waals surface area contributed by atoms with E-state index in [2.05, 4.69) is 5.10 Å². The highest BCUT2D eigenvalue weighted by Crippen LogP contribution is 2.25. The minimum atomic E-state index is -0.440. The average molecular weight is 385 g/mol. The van der Waals surface area contributed by atoms with Gasteiger partial charge in [-0.1, -0.05) is 36.4 Å². The fourth-order valence-corrected chi connectivity index (χ4v) is 2.95. The van der Waals surface area contributed by atoms with Crippen molar-refractivity contribution in [3.63, 3.8) is 0 Å². The normalized spacial score (nSPS) is 11.4. The zero-order valence-electron chi connectivity index (χ0n) is 15.3. The van der Waals surface area contributed by atoms with E-state index in [1.54, 1.807) is 41.4 Å². The van der Waals surface area contributed by atoms with E-state index in [0.717, 1.165) is 10.4 Å². The molecule has 0 aliphatic rings. The zero-order chi connectivity index (χ0) is 20.2. The third-order valence-corrected chi connectivity index (χ3v) is 4.40. The Morgan fingerprint density at radius 2 is 1.48 bits per heavy atom. The van der Waals surface area contributed by atoms with Crippen molar-refractivity contribution in [2.75, 3.05) is 0 Å². The van der Waals surface area contributed by atoms with Crippen molar-refractivity contribution < 1.29 is 14.9 Å². The zero-order valence-corrected chi connectivity index (χ0v) is 15.3. The Labute approximate surface area is 166 Å². The van der Waals surface area contributed by atoms with Crippen LogP contribution >= 0.6 is 0 Å². The van der Waals surface area contributed by atoms with Crippen molar-refractivity contribution >= 4 is 17.6 Å². The Kier molecular flexibility index (Phi) is 4.86. The summed E-state index contributed by atoms with van der Waals surface area (Å²) < 4.78 is 2.74. The van der Waals surface area contributed by atoms with E-state index >= 15 is 0 Å². The average Bonchev–Trinajstić information content (AvgIpc) is 3.19. The van der Waals surface area contributed by atoms with Gasteiger partial charge in [0.25, 0.3) is 11.4 Å². The Balaban J connectivity index is 1.82. The molecule has 3 aromatic carbocycles. The van der Waals surface area contributed by atoms with Crippen LogP contribution in [0.3, 0.4) is 0 Å². The van der Waals surface area contributed by atoms with Crippen molar-refractivity contribution in [1.82, 2.24) is 9.78 Å². The van der Waals surface area contributed by atoms with Crippen LogP contribution in [0.25, 0.3) is 16.9 Å². The number of hydrogen-bond acceptors (Lipinski definition) is 4. The van der Waals surface area contributed by atoms with E-state index in [-0.39, 0.29) is 5.69 Å². The molecule has 0 amide bonds. The molecule has 7 nitrogen and oxygen atoms in total. The quantitative estimate of drug-likeness (QED) is 0.179. The lowest BCUT2D eigenvalue weighted by Crippen LogP contribution is -2.02. The highest BCUT2D eigenvalue weighted by molar-refractivity contribution is 5.86. The van der Waals surface area contributed by atoms with Gasteiger partial charge in [0.2, 0.25) is 6.21 Å². The summed E-state index contributed by atoms with van der Waals surface area (Å²) in [6, 6.07) is 24.9. The van der Waals surface area contributed by atoms with Gasteiger partial charge in [0, 0.05) is 40.8 Å². The number of nitrogens with zero attached hydrogens (tertiary/aromatic N) is 4. The first-order valence-corrected chi connectivity index (χ1v) is 8.90. The van der Waals surface area contributed by atoms with E-state index < -0.39 is 4.92 Å². The van der Waals surface area contributed by atoms with Crippen LogP contribution in [0.15, 0.2) is 91.1 Å². The van der Waals surface area contributed by atoms with Crippen molar-refractivity contribution in [2.24, 2.45) is 0 Å². The molecule has 0 spiro atoms. The number of para-hydroxylation sites is 2. The van der Waals surface area contributed by atoms with Gasteiger partial charge in [-0.05, 0) is 24.3 Å². The van der Waals surface area contributed by atoms with E-state index in [1.165, 1.54) is 12.1 Å². The first-order valence-electron chi connectivity index (χ1n) is 8.90. The predicted molar refractivity (Wildman–Crippen MR) is 109 cm³/mol. The number of aromatic nitrogens is 2. The molecule has 0 aliphatic heterocycles. The highest BCUT2D eigenvalue weighted by Gasteiger charge is 2.17. The first kappa shape index (κ1) is 18.1. The molecular formula is C22H17N4O3+. The van der Waals surface area contributed by atoms with Crippen LogP contribution < -0.4 is 0 Å². The molecule has 0 fully saturated rings. The van der Waals surface area contributed by atoms with Gasteiger partial charge >= 0.3 is 0 Å². The number of benzene rings is 3. The molecule has 1 N–H and O–H groups in total. The summed E-state index contributed by atoms with van der Waals surface area (Å²) in [4.78, 5) is 10.5. The Morgan fingerprint density at radius 1 is 0.862 bits per heavy atom. The molecule has 0 bridgehead atoms. The topological polar surface area (TPSA) is 84.2 Å². The molecular weight excluding hydrogens is 368 g/mol. The molecule has 4 aromatic rings. The molecule has 29 heavy (non-hydrogen) atoms. The number of nitro benzene ring substituents is 1. The Bertz CT molecular complexity index is 1170. The summed E-state index contributed by atoms with van der Waals surface area (Å²) in [5.74, 6) is 0. The van der Waals surface area contributed by atoms with Gasteiger partial charge in [-0.15, -0.1) is 0 Å². The largest absolute Gasteiger partial charge is 0.285 e. The SMILES string of the molecule is O=[N+]([O-])c1ccc(-c2nn(-c3ccccc3)cc2/C=[N+](\O)c2ccccc2)cc1. The van der Waals surface area contributed by atoms with Crippen molar-refractivity contribution in [2.45, 2.75) is 0 Å². The lowest BCUT2D eigenvalue weighted by Gasteiger charge is -2.00. The summed E-state index contributed by atoms with van der Waals surface area (Å²) in [6.45, 7) is 0. The molecule has 0 atom stereocenters. The molecule has 1 aromatic heterocycles. The second-order valence-electron chi connectivity index (χ2n) is 6.33. The van der Waals surface area contributed by atoms with Crippen LogP contribution in [0, 0.1) is 10.1 Å². The third kappa shape index (κ3) is 3.89. The maximum atomic E-state index is 10.9. The fraction of sp³-hybridized carbons (Fsp3) is 0. The molecule has 142 valence electrons. The Morgan fingerprint density at radius 3 is 2.10 bits per heavy atom. The number of hydrogen-bond donors (Lipinski definition) is 1. The molecule has 0 saturated carbocycles. The van der Waals surface area contributed by atoms with E-state index in [9.17, 15) is 15.3 Å². The number of rotatable bonds is 5. The van der Waals surface area contributed by atoms with Crippen molar-refractivity contribution in [3.05, 3.63) is 107 Å². The van der Waals surface area contributed by atoms with Crippen LogP contribution in [0.2, 0.25) is 0 Å². The van der Waals surface area contributed by atoms with Crippen LogP contribution in [-0.4, -0.2) is 30.9 Å². The minimum Gasteiger partial charge on any atom is -0.285 e. The maximum Gasteiger partial charge on any atom is 0.269 e. The molecule has 0 aliphatic carbocycles. The fourth-order valence-electron chi connectivity index (χ4n) is 2.95. The number of nitro groups is 1. The van der Waals surface area contributed by atoms with Crippen LogP contribution in [0.4, 0.5) is 11.4 Å². The minimum absolute atomic E-state index is 0.00911. The van der Waals surface area contributed by atoms with Crippen molar-refractivity contribution in [3.8, 4) is 16.9 Å². The first-order chi connectivity index (χ1) is 14.1. The molecule has 1 heterocycles. The highest BCUT2D eigenvalue weighted by atomic mass is 16.6. The van der Waals surface area contributed by atoms with Crippen LogP contribution in [-0.2, 0) is 0 Å². The molecule has 7 heteroatoms. The van der Waals surface area contributed by atoms with Gasteiger partial charge in [-0.25, -0.2) is 4.68 Å². The van der Waals surface area contributed by atoms with Crippen LogP contribution in [0.5, 0.6) is 0 Å². The van der Waals surface area contributed by atoms with Gasteiger partial charge in [-0.3, -0.25) is 15.3 Å². The van der Waals surface area contributed by atoms with Gasteiger partial charge < -0.3 is 0 Å². The molecule has 4 rings (SSSR count). The lowest BCUT2D eigenvalue weighted by molar-refractivity contribution is -0.709. The third-order valence-electron chi connectivity index (χ3n) is 4.40. The van der Waals surface area contributed by atoms with Gasteiger partial charge in [-0.2, -0.15) is 5.10 Å². The summed E-state index contributed by atoms with van der Waals surface area (Å²) in [7, 11) is 0. The smallest absolute Gasteiger partial charge is 0.269 e. The predicted octanol–water partition coefficient (Wildman–Crippen LogP) is 4.60. The molecule has 0 radical (unpaired) electrons. The lowest BCUT2D eigenvalue weighted by atomic mass is 10.1. The van der Waals surface area contributed by atoms with E-state index in [1.807, 2.05) is 48.5 Å². The van der Waals surface area contributed by atoms with Gasteiger partial charge in [0.05, 0.1) is 16.2 Å². The Hall–Kier alpha value is -4.26. The van der Waals surface area contributed by atoms with E-state index in [0.29, 0.717) is 22.5 Å². The second-order valence-corrected chi connectivity index (χ2v) is 6.33. The summed E-state index contributed by atoms with van der Waals surface area (Å²) in [5.41, 5.74) is 3.44. The summed E-state index contributed by atoms with van der Waals surface area (Å²) in [6.07, 6.45) is 3.37. The standard InChI is InChI=1S/C22H17N4O3/c27-25(20-9-5-2-6-10-20)16-18-15-24(19-7-3-1-4-8-19)23-22(18)17-11-13-21(14-12-17)26(28)29/h1-16,27H/q+1. The van der Waals surface area contributed by atoms with Crippen LogP contribution in [0.1, 0.15) is 5.56 Å². The summed E-state index contributed by atoms with van der Waals surface area (Å²) in [5, 5.41) is 26.1. The summed E-state index contributed by atoms with van der Waals surface area (Å²) >= 11 is 0. The molecule has 0 saturated heterocycles. The maximum absolute atomic E-state index is 10.9. The van der Waals surface area contributed by atoms with Gasteiger partial charge in [0.15, 0.2) is 0 Å². The monoisotopic (exact) mass is 385 g/mol.